The number of thiocarbonyl (C=S) groups is 1. The monoisotopic (exact) mass is 454 g/mol. The van der Waals surface area contributed by atoms with Gasteiger partial charge in [0.15, 0.2) is 5.11 Å². The topological polar surface area (TPSA) is 91.5 Å². The zero-order chi connectivity index (χ0) is 22.1. The molecule has 31 heavy (non-hydrogen) atoms. The molecule has 160 valence electrons. The zero-order valence-electron chi connectivity index (χ0n) is 16.8. The lowest BCUT2D eigenvalue weighted by molar-refractivity contribution is -0.119. The molecule has 0 aliphatic rings. The molecule has 3 aromatic carbocycles. The van der Waals surface area contributed by atoms with Gasteiger partial charge in [-0.05, 0) is 59.4 Å². The van der Waals surface area contributed by atoms with Crippen molar-refractivity contribution in [3.63, 3.8) is 0 Å². The number of hydrogen-bond donors (Lipinski definition) is 4. The number of anilines is 2. The quantitative estimate of drug-likeness (QED) is 0.321. The number of hydrazine groups is 1. The Kier molecular flexibility index (Phi) is 8.08. The summed E-state index contributed by atoms with van der Waals surface area (Å²) < 4.78 is 5.07. The van der Waals surface area contributed by atoms with E-state index in [0.717, 1.165) is 16.5 Å². The number of nitrogens with one attached hydrogen (secondary N) is 4. The van der Waals surface area contributed by atoms with Crippen molar-refractivity contribution < 1.29 is 14.3 Å². The van der Waals surface area contributed by atoms with Crippen LogP contribution in [0.3, 0.4) is 0 Å². The summed E-state index contributed by atoms with van der Waals surface area (Å²) in [5, 5.41) is 8.28. The van der Waals surface area contributed by atoms with Crippen LogP contribution >= 0.6 is 24.0 Å². The molecule has 0 atom stereocenters. The van der Waals surface area contributed by atoms with Crippen LogP contribution in [0.4, 0.5) is 11.4 Å². The molecule has 0 saturated heterocycles. The Balaban J connectivity index is 1.34. The predicted octanol–water partition coefficient (Wildman–Crippen LogP) is 3.54. The van der Waals surface area contributed by atoms with E-state index in [-0.39, 0.29) is 28.4 Å². The maximum absolute atomic E-state index is 12.0. The van der Waals surface area contributed by atoms with Crippen LogP contribution in [0.1, 0.15) is 0 Å². The van der Waals surface area contributed by atoms with Gasteiger partial charge in [0, 0.05) is 11.4 Å². The van der Waals surface area contributed by atoms with Crippen molar-refractivity contribution in [3.05, 3.63) is 66.7 Å². The molecule has 0 heterocycles. The molecule has 3 rings (SSSR count). The summed E-state index contributed by atoms with van der Waals surface area (Å²) >= 11 is 6.41. The van der Waals surface area contributed by atoms with Crippen molar-refractivity contribution in [1.29, 1.82) is 0 Å². The Bertz CT molecular complexity index is 1070. The number of hydrogen-bond acceptors (Lipinski definition) is 5. The van der Waals surface area contributed by atoms with Gasteiger partial charge in [-0.25, -0.2) is 0 Å². The molecule has 4 N–H and O–H groups in total. The average molecular weight is 455 g/mol. The van der Waals surface area contributed by atoms with Crippen LogP contribution in [0, 0.1) is 0 Å². The number of rotatable bonds is 7. The molecule has 7 nitrogen and oxygen atoms in total. The number of methoxy groups -OCH3 is 1. The lowest BCUT2D eigenvalue weighted by Crippen LogP contribution is -2.44. The highest BCUT2D eigenvalue weighted by Gasteiger charge is 2.07. The third-order valence-electron chi connectivity index (χ3n) is 4.16. The molecule has 2 amide bonds. The van der Waals surface area contributed by atoms with Crippen LogP contribution in [-0.2, 0) is 9.59 Å². The molecule has 0 saturated carbocycles. The van der Waals surface area contributed by atoms with Crippen molar-refractivity contribution >= 4 is 63.1 Å². The Morgan fingerprint density at radius 2 is 1.52 bits per heavy atom. The smallest absolute Gasteiger partial charge is 0.248 e. The molecule has 0 aliphatic carbocycles. The number of fused-ring (bicyclic) bond motifs is 1. The van der Waals surface area contributed by atoms with Crippen molar-refractivity contribution in [3.8, 4) is 5.75 Å². The Morgan fingerprint density at radius 1 is 0.839 bits per heavy atom. The summed E-state index contributed by atoms with van der Waals surface area (Å²) in [4.78, 5) is 23.9. The molecule has 0 unspecified atom stereocenters. The van der Waals surface area contributed by atoms with E-state index in [4.69, 9.17) is 17.0 Å². The Labute approximate surface area is 189 Å². The minimum Gasteiger partial charge on any atom is -0.497 e. The van der Waals surface area contributed by atoms with E-state index in [1.807, 2.05) is 42.5 Å². The normalized spacial score (nSPS) is 10.2. The minimum absolute atomic E-state index is 0.113. The van der Waals surface area contributed by atoms with Gasteiger partial charge in [-0.15, -0.1) is 11.8 Å². The molecule has 3 aromatic rings. The summed E-state index contributed by atoms with van der Waals surface area (Å²) in [5.41, 5.74) is 6.66. The fourth-order valence-corrected chi connectivity index (χ4v) is 3.49. The van der Waals surface area contributed by atoms with E-state index in [9.17, 15) is 9.59 Å². The molecule has 0 aliphatic heterocycles. The van der Waals surface area contributed by atoms with Crippen LogP contribution in [0.5, 0.6) is 5.75 Å². The minimum atomic E-state index is -0.287. The summed E-state index contributed by atoms with van der Waals surface area (Å²) in [6, 6.07) is 20.9. The summed E-state index contributed by atoms with van der Waals surface area (Å²) in [7, 11) is 1.58. The highest BCUT2D eigenvalue weighted by atomic mass is 32.2. The van der Waals surface area contributed by atoms with Gasteiger partial charge in [0.25, 0.3) is 0 Å². The van der Waals surface area contributed by atoms with Crippen LogP contribution in [0.25, 0.3) is 10.8 Å². The van der Waals surface area contributed by atoms with Crippen molar-refractivity contribution in [1.82, 2.24) is 10.9 Å². The lowest BCUT2D eigenvalue weighted by Gasteiger charge is -2.12. The summed E-state index contributed by atoms with van der Waals surface area (Å²) in [6.45, 7) is 0. The summed E-state index contributed by atoms with van der Waals surface area (Å²) in [5.74, 6) is 0.500. The fourth-order valence-electron chi connectivity index (χ4n) is 2.70. The first-order valence-electron chi connectivity index (χ1n) is 9.40. The Hall–Kier alpha value is -3.30. The first-order valence-corrected chi connectivity index (χ1v) is 11.0. The van der Waals surface area contributed by atoms with Gasteiger partial charge in [-0.3, -0.25) is 20.4 Å². The molecular weight excluding hydrogens is 432 g/mol. The molecule has 0 fully saturated rings. The van der Waals surface area contributed by atoms with Gasteiger partial charge >= 0.3 is 0 Å². The lowest BCUT2D eigenvalue weighted by atomic mass is 10.1. The second-order valence-corrected chi connectivity index (χ2v) is 7.85. The number of amides is 2. The van der Waals surface area contributed by atoms with Crippen molar-refractivity contribution in [2.45, 2.75) is 0 Å². The van der Waals surface area contributed by atoms with Crippen LogP contribution in [0.2, 0.25) is 0 Å². The molecule has 9 heteroatoms. The van der Waals surface area contributed by atoms with Gasteiger partial charge in [0.2, 0.25) is 11.8 Å². The van der Waals surface area contributed by atoms with Crippen LogP contribution < -0.4 is 26.2 Å². The number of carbonyl (C=O) groups is 2. The molecular formula is C22H22N4O3S2. The van der Waals surface area contributed by atoms with Gasteiger partial charge < -0.3 is 15.4 Å². The third kappa shape index (κ3) is 7.16. The number of carbonyl (C=O) groups excluding carboxylic acids is 2. The second kappa shape index (κ2) is 11.2. The van der Waals surface area contributed by atoms with E-state index in [1.165, 1.54) is 11.8 Å². The maximum atomic E-state index is 12.0. The van der Waals surface area contributed by atoms with E-state index in [2.05, 4.69) is 21.5 Å². The summed E-state index contributed by atoms with van der Waals surface area (Å²) in [6.07, 6.45) is 0. The van der Waals surface area contributed by atoms with Crippen molar-refractivity contribution in [2.75, 3.05) is 29.2 Å². The molecule has 0 radical (unpaired) electrons. The SMILES string of the molecule is COc1ccc(NC(=O)CSCC(=O)NNC(=S)Nc2ccc3ccccc3c2)cc1. The van der Waals surface area contributed by atoms with Gasteiger partial charge in [0.05, 0.1) is 18.6 Å². The third-order valence-corrected chi connectivity index (χ3v) is 5.30. The number of ether oxygens (including phenoxy) is 1. The van der Waals surface area contributed by atoms with Crippen LogP contribution in [0.15, 0.2) is 66.7 Å². The molecule has 0 bridgehead atoms. The van der Waals surface area contributed by atoms with Crippen LogP contribution in [-0.4, -0.2) is 35.5 Å². The molecule has 0 aromatic heterocycles. The molecule has 0 spiro atoms. The number of thioether (sulfide) groups is 1. The maximum Gasteiger partial charge on any atom is 0.248 e. The van der Waals surface area contributed by atoms with E-state index < -0.39 is 0 Å². The largest absolute Gasteiger partial charge is 0.497 e. The predicted molar refractivity (Wildman–Crippen MR) is 130 cm³/mol. The van der Waals surface area contributed by atoms with E-state index in [0.29, 0.717) is 11.4 Å². The van der Waals surface area contributed by atoms with E-state index in [1.54, 1.807) is 31.4 Å². The van der Waals surface area contributed by atoms with Crippen molar-refractivity contribution in [2.24, 2.45) is 0 Å². The van der Waals surface area contributed by atoms with Gasteiger partial charge in [0.1, 0.15) is 5.75 Å². The Morgan fingerprint density at radius 3 is 2.26 bits per heavy atom. The zero-order valence-corrected chi connectivity index (χ0v) is 18.4. The first-order chi connectivity index (χ1) is 15.0. The van der Waals surface area contributed by atoms with E-state index >= 15 is 0 Å². The first kappa shape index (κ1) is 22.4. The van der Waals surface area contributed by atoms with Gasteiger partial charge in [-0.2, -0.15) is 0 Å². The average Bonchev–Trinajstić information content (AvgIpc) is 2.78. The highest BCUT2D eigenvalue weighted by molar-refractivity contribution is 8.00. The van der Waals surface area contributed by atoms with Gasteiger partial charge in [-0.1, -0.05) is 30.3 Å². The fraction of sp³-hybridized carbons (Fsp3) is 0.136. The standard InChI is InChI=1S/C22H22N4O3S2/c1-29-19-10-8-17(9-11-19)23-20(27)13-31-14-21(28)25-26-22(30)24-18-7-6-15-4-2-3-5-16(15)12-18/h2-12H,13-14H2,1H3,(H,23,27)(H,25,28)(H2,24,26,30). The highest BCUT2D eigenvalue weighted by Crippen LogP contribution is 2.18. The second-order valence-electron chi connectivity index (χ2n) is 6.46. The number of benzene rings is 3.